The molecule has 9 heteroatoms. The van der Waals surface area contributed by atoms with Crippen LogP contribution in [0.25, 0.3) is 0 Å². The third-order valence-corrected chi connectivity index (χ3v) is 3.52. The van der Waals surface area contributed by atoms with Crippen molar-refractivity contribution in [2.24, 2.45) is 0 Å². The van der Waals surface area contributed by atoms with Gasteiger partial charge in [0, 0.05) is 19.6 Å². The first-order valence-electron chi connectivity index (χ1n) is 6.76. The number of amides is 4. The molecule has 0 aromatic carbocycles. The molecule has 2 heterocycles. The number of nitrogens with zero attached hydrogens (tertiary/aromatic N) is 3. The van der Waals surface area contributed by atoms with Crippen molar-refractivity contribution >= 4 is 23.8 Å². The van der Waals surface area contributed by atoms with E-state index in [9.17, 15) is 19.2 Å². The number of rotatable bonds is 6. The van der Waals surface area contributed by atoms with E-state index in [1.807, 2.05) is 0 Å². The van der Waals surface area contributed by atoms with Gasteiger partial charge in [-0.05, 0) is 0 Å². The van der Waals surface area contributed by atoms with Crippen LogP contribution in [0.5, 0.6) is 0 Å². The minimum absolute atomic E-state index is 0.0908. The van der Waals surface area contributed by atoms with Crippen LogP contribution in [0, 0.1) is 0 Å². The molecule has 0 saturated carbocycles. The Hall–Kier alpha value is -2.42. The number of carbonyl (C=O) groups excluding carboxylic acids is 3. The van der Waals surface area contributed by atoms with Crippen LogP contribution in [0.3, 0.4) is 0 Å². The van der Waals surface area contributed by atoms with Crippen LogP contribution in [-0.2, 0) is 19.1 Å². The van der Waals surface area contributed by atoms with Gasteiger partial charge in [-0.2, -0.15) is 0 Å². The molecule has 2 aliphatic rings. The first kappa shape index (κ1) is 16.0. The van der Waals surface area contributed by atoms with Gasteiger partial charge in [-0.15, -0.1) is 6.58 Å². The smallest absolute Gasteiger partial charge is 0.329 e. The standard InChI is InChI=1S/C13H17N3O6/c1-2-3-16-12(20)9-6-14(4-5-15(9)13(16)21)10(17)7-22-8-11(18)19/h2,9H,1,3-8H2,(H,18,19). The normalized spacial score (nSPS) is 21.1. The van der Waals surface area contributed by atoms with E-state index in [-0.39, 0.29) is 44.7 Å². The summed E-state index contributed by atoms with van der Waals surface area (Å²) in [6, 6.07) is -1.06. The quantitative estimate of drug-likeness (QED) is 0.485. The number of ether oxygens (including phenoxy) is 1. The molecule has 0 bridgehead atoms. The fourth-order valence-electron chi connectivity index (χ4n) is 2.49. The summed E-state index contributed by atoms with van der Waals surface area (Å²) in [7, 11) is 0. The van der Waals surface area contributed by atoms with Gasteiger partial charge in [0.1, 0.15) is 19.3 Å². The summed E-state index contributed by atoms with van der Waals surface area (Å²) >= 11 is 0. The van der Waals surface area contributed by atoms with Gasteiger partial charge in [0.15, 0.2) is 0 Å². The van der Waals surface area contributed by atoms with Crippen LogP contribution in [0.15, 0.2) is 12.7 Å². The lowest BCUT2D eigenvalue weighted by Gasteiger charge is -2.35. The maximum atomic E-state index is 12.2. The number of hydrogen-bond donors (Lipinski definition) is 1. The van der Waals surface area contributed by atoms with Gasteiger partial charge in [-0.3, -0.25) is 14.5 Å². The molecule has 0 spiro atoms. The number of fused-ring (bicyclic) bond motifs is 1. The summed E-state index contributed by atoms with van der Waals surface area (Å²) in [5.74, 6) is -1.91. The van der Waals surface area contributed by atoms with Crippen LogP contribution in [0.1, 0.15) is 0 Å². The third kappa shape index (κ3) is 3.08. The Bertz CT molecular complexity index is 520. The minimum atomic E-state index is -1.16. The second-order valence-corrected chi connectivity index (χ2v) is 4.96. The van der Waals surface area contributed by atoms with Gasteiger partial charge in [-0.25, -0.2) is 9.59 Å². The summed E-state index contributed by atoms with van der Waals surface area (Å²) in [6.45, 7) is 3.36. The zero-order valence-corrected chi connectivity index (χ0v) is 11.9. The molecule has 1 atom stereocenters. The van der Waals surface area contributed by atoms with E-state index in [4.69, 9.17) is 9.84 Å². The van der Waals surface area contributed by atoms with Crippen molar-refractivity contribution in [2.75, 3.05) is 39.4 Å². The Labute approximate surface area is 126 Å². The number of aliphatic carboxylic acids is 1. The monoisotopic (exact) mass is 311 g/mol. The fraction of sp³-hybridized carbons (Fsp3) is 0.538. The molecule has 2 fully saturated rings. The van der Waals surface area contributed by atoms with Crippen molar-refractivity contribution in [1.29, 1.82) is 0 Å². The van der Waals surface area contributed by atoms with E-state index in [1.165, 1.54) is 15.9 Å². The summed E-state index contributed by atoms with van der Waals surface area (Å²) in [5, 5.41) is 8.45. The zero-order chi connectivity index (χ0) is 16.3. The van der Waals surface area contributed by atoms with Gasteiger partial charge in [0.2, 0.25) is 5.91 Å². The van der Waals surface area contributed by atoms with Gasteiger partial charge < -0.3 is 19.6 Å². The molecule has 0 aliphatic carbocycles. The molecule has 1 unspecified atom stereocenters. The minimum Gasteiger partial charge on any atom is -0.480 e. The highest BCUT2D eigenvalue weighted by Gasteiger charge is 2.47. The van der Waals surface area contributed by atoms with Crippen molar-refractivity contribution in [3.63, 3.8) is 0 Å². The Morgan fingerprint density at radius 1 is 1.32 bits per heavy atom. The maximum Gasteiger partial charge on any atom is 0.329 e. The molecule has 0 radical (unpaired) electrons. The van der Waals surface area contributed by atoms with Gasteiger partial charge >= 0.3 is 12.0 Å². The molecule has 2 saturated heterocycles. The van der Waals surface area contributed by atoms with Crippen LogP contribution >= 0.6 is 0 Å². The maximum absolute atomic E-state index is 12.2. The molecule has 1 N–H and O–H groups in total. The summed E-state index contributed by atoms with van der Waals surface area (Å²) in [5.41, 5.74) is 0. The number of imide groups is 1. The van der Waals surface area contributed by atoms with Crippen molar-refractivity contribution in [3.8, 4) is 0 Å². The SMILES string of the molecule is C=CCN1C(=O)C2CN(C(=O)COCC(=O)O)CCN2C1=O. The molecule has 9 nitrogen and oxygen atoms in total. The summed E-state index contributed by atoms with van der Waals surface area (Å²) < 4.78 is 4.75. The van der Waals surface area contributed by atoms with E-state index in [0.29, 0.717) is 0 Å². The predicted octanol–water partition coefficient (Wildman–Crippen LogP) is -1.25. The predicted molar refractivity (Wildman–Crippen MR) is 72.8 cm³/mol. The van der Waals surface area contributed by atoms with Crippen LogP contribution in [0.4, 0.5) is 4.79 Å². The lowest BCUT2D eigenvalue weighted by molar-refractivity contribution is -0.146. The van der Waals surface area contributed by atoms with Crippen molar-refractivity contribution in [3.05, 3.63) is 12.7 Å². The first-order chi connectivity index (χ1) is 10.5. The average molecular weight is 311 g/mol. The Balaban J connectivity index is 1.94. The lowest BCUT2D eigenvalue weighted by Crippen LogP contribution is -2.55. The number of carbonyl (C=O) groups is 4. The fourth-order valence-corrected chi connectivity index (χ4v) is 2.49. The molecule has 120 valence electrons. The first-order valence-corrected chi connectivity index (χ1v) is 6.76. The van der Waals surface area contributed by atoms with Gasteiger partial charge in [0.25, 0.3) is 5.91 Å². The van der Waals surface area contributed by atoms with Crippen molar-refractivity contribution in [2.45, 2.75) is 6.04 Å². The van der Waals surface area contributed by atoms with E-state index < -0.39 is 24.5 Å². The average Bonchev–Trinajstić information content (AvgIpc) is 2.72. The molecule has 22 heavy (non-hydrogen) atoms. The second-order valence-electron chi connectivity index (χ2n) is 4.96. The molecular formula is C13H17N3O6. The molecule has 2 aliphatic heterocycles. The number of hydrogen-bond acceptors (Lipinski definition) is 5. The largest absolute Gasteiger partial charge is 0.480 e. The Morgan fingerprint density at radius 2 is 2.05 bits per heavy atom. The third-order valence-electron chi connectivity index (χ3n) is 3.52. The van der Waals surface area contributed by atoms with Crippen molar-refractivity contribution < 1.29 is 29.0 Å². The number of piperazine rings is 1. The van der Waals surface area contributed by atoms with E-state index in [2.05, 4.69) is 6.58 Å². The highest BCUT2D eigenvalue weighted by Crippen LogP contribution is 2.22. The highest BCUT2D eigenvalue weighted by atomic mass is 16.5. The van der Waals surface area contributed by atoms with Crippen LogP contribution in [0.2, 0.25) is 0 Å². The van der Waals surface area contributed by atoms with E-state index in [0.717, 1.165) is 4.90 Å². The van der Waals surface area contributed by atoms with E-state index >= 15 is 0 Å². The van der Waals surface area contributed by atoms with Gasteiger partial charge in [0.05, 0.1) is 6.54 Å². The molecule has 0 aromatic rings. The summed E-state index contributed by atoms with van der Waals surface area (Å²) in [6.07, 6.45) is 1.47. The molecule has 2 rings (SSSR count). The van der Waals surface area contributed by atoms with Crippen LogP contribution < -0.4 is 0 Å². The molecular weight excluding hydrogens is 294 g/mol. The zero-order valence-electron chi connectivity index (χ0n) is 11.9. The topological polar surface area (TPSA) is 107 Å². The summed E-state index contributed by atoms with van der Waals surface area (Å²) in [4.78, 5) is 50.4. The van der Waals surface area contributed by atoms with Gasteiger partial charge in [-0.1, -0.05) is 6.08 Å². The van der Waals surface area contributed by atoms with Crippen LogP contribution in [-0.4, -0.2) is 89.1 Å². The second kappa shape index (κ2) is 6.56. The highest BCUT2D eigenvalue weighted by molar-refractivity contribution is 6.05. The molecule has 4 amide bonds. The molecule has 0 aromatic heterocycles. The number of carboxylic acids is 1. The van der Waals surface area contributed by atoms with Crippen molar-refractivity contribution in [1.82, 2.24) is 14.7 Å². The number of carboxylic acid groups (broad SMARTS) is 1. The Morgan fingerprint density at radius 3 is 2.68 bits per heavy atom. The van der Waals surface area contributed by atoms with E-state index in [1.54, 1.807) is 0 Å². The number of urea groups is 1. The lowest BCUT2D eigenvalue weighted by atomic mass is 10.2. The Kier molecular flexibility index (Phi) is 4.76.